The third-order valence-corrected chi connectivity index (χ3v) is 4.55. The fraction of sp³-hybridized carbons (Fsp3) is 0.263. The van der Waals surface area contributed by atoms with Crippen LogP contribution in [0.25, 0.3) is 0 Å². The number of anilines is 1. The summed E-state index contributed by atoms with van der Waals surface area (Å²) in [5, 5.41) is 4.02. The van der Waals surface area contributed by atoms with Crippen molar-refractivity contribution in [2.45, 2.75) is 18.6 Å². The van der Waals surface area contributed by atoms with Gasteiger partial charge in [-0.05, 0) is 23.8 Å². The summed E-state index contributed by atoms with van der Waals surface area (Å²) in [6, 6.07) is 15.0. The van der Waals surface area contributed by atoms with Gasteiger partial charge in [-0.2, -0.15) is 0 Å². The molecule has 6 nitrogen and oxygen atoms in total. The molecule has 26 heavy (non-hydrogen) atoms. The van der Waals surface area contributed by atoms with E-state index in [1.165, 1.54) is 23.3 Å². The normalized spacial score (nSPS) is 18.1. The molecule has 0 atom stereocenters. The number of hydroxylamine groups is 2. The number of carbonyl (C=O) groups is 2. The van der Waals surface area contributed by atoms with Gasteiger partial charge in [0.05, 0.1) is 26.1 Å². The Bertz CT molecular complexity index is 837. The summed E-state index contributed by atoms with van der Waals surface area (Å²) in [6.45, 7) is 1.03. The van der Waals surface area contributed by atoms with Crippen molar-refractivity contribution < 1.29 is 18.8 Å². The number of benzene rings is 2. The van der Waals surface area contributed by atoms with Crippen LogP contribution in [0, 0.1) is 5.82 Å². The van der Waals surface area contributed by atoms with Gasteiger partial charge in [-0.15, -0.1) is 0 Å². The molecule has 1 spiro atoms. The number of nitrogens with one attached hydrogen (secondary N) is 1. The molecule has 7 heteroatoms. The van der Waals surface area contributed by atoms with Gasteiger partial charge in [0.15, 0.2) is 0 Å². The fourth-order valence-corrected chi connectivity index (χ4v) is 3.28. The largest absolute Gasteiger partial charge is 0.322 e. The van der Waals surface area contributed by atoms with Gasteiger partial charge in [0.2, 0.25) is 5.91 Å². The molecule has 2 saturated heterocycles. The predicted octanol–water partition coefficient (Wildman–Crippen LogP) is 2.78. The number of hydrogen-bond donors (Lipinski definition) is 1. The molecule has 0 aliphatic carbocycles. The summed E-state index contributed by atoms with van der Waals surface area (Å²) in [4.78, 5) is 31.9. The third kappa shape index (κ3) is 3.25. The van der Waals surface area contributed by atoms with E-state index in [-0.39, 0.29) is 18.4 Å². The Morgan fingerprint density at radius 1 is 1.15 bits per heavy atom. The molecule has 0 saturated carbocycles. The Balaban J connectivity index is 1.33. The minimum absolute atomic E-state index is 0.0842. The van der Waals surface area contributed by atoms with Crippen molar-refractivity contribution in [1.82, 2.24) is 9.96 Å². The number of amides is 3. The van der Waals surface area contributed by atoms with E-state index in [0.717, 1.165) is 5.56 Å². The Hall–Kier alpha value is -2.93. The molecule has 2 aliphatic heterocycles. The van der Waals surface area contributed by atoms with Crippen LogP contribution < -0.4 is 5.32 Å². The highest BCUT2D eigenvalue weighted by Gasteiger charge is 2.54. The minimum Gasteiger partial charge on any atom is -0.318 e. The van der Waals surface area contributed by atoms with E-state index >= 15 is 0 Å². The number of nitrogens with zero attached hydrogens (tertiary/aromatic N) is 2. The van der Waals surface area contributed by atoms with Crippen LogP contribution in [0.3, 0.4) is 0 Å². The van der Waals surface area contributed by atoms with Crippen molar-refractivity contribution in [2.75, 3.05) is 18.4 Å². The van der Waals surface area contributed by atoms with Crippen molar-refractivity contribution in [3.8, 4) is 0 Å². The molecule has 3 amide bonds. The zero-order valence-electron chi connectivity index (χ0n) is 14.0. The Morgan fingerprint density at radius 2 is 1.92 bits per heavy atom. The van der Waals surface area contributed by atoms with Crippen LogP contribution in [0.2, 0.25) is 0 Å². The maximum atomic E-state index is 13.2. The van der Waals surface area contributed by atoms with Gasteiger partial charge in [0.1, 0.15) is 11.4 Å². The standard InChI is InChI=1S/C19H18FN3O3/c20-15-7-4-8-16(9-15)21-18(25)22-12-19(13-22)10-17(24)23(26-19)11-14-5-2-1-3-6-14/h1-9H,10-13H2,(H,21,25). The Labute approximate surface area is 150 Å². The zero-order valence-corrected chi connectivity index (χ0v) is 14.0. The van der Waals surface area contributed by atoms with E-state index in [1.807, 2.05) is 30.3 Å². The number of likely N-dealkylation sites (tertiary alicyclic amines) is 1. The Kier molecular flexibility index (Phi) is 4.08. The number of rotatable bonds is 3. The molecule has 1 N–H and O–H groups in total. The van der Waals surface area contributed by atoms with Gasteiger partial charge in [-0.3, -0.25) is 9.63 Å². The van der Waals surface area contributed by atoms with Gasteiger partial charge in [-0.1, -0.05) is 36.4 Å². The lowest BCUT2D eigenvalue weighted by Crippen LogP contribution is -2.64. The van der Waals surface area contributed by atoms with Gasteiger partial charge in [0, 0.05) is 5.69 Å². The number of urea groups is 1. The van der Waals surface area contributed by atoms with E-state index in [0.29, 0.717) is 25.3 Å². The molecule has 134 valence electrons. The van der Waals surface area contributed by atoms with E-state index in [1.54, 1.807) is 11.0 Å². The highest BCUT2D eigenvalue weighted by Crippen LogP contribution is 2.36. The van der Waals surface area contributed by atoms with Crippen LogP contribution >= 0.6 is 0 Å². The van der Waals surface area contributed by atoms with E-state index < -0.39 is 11.4 Å². The van der Waals surface area contributed by atoms with Crippen LogP contribution in [-0.2, 0) is 16.2 Å². The van der Waals surface area contributed by atoms with Crippen molar-refractivity contribution in [2.24, 2.45) is 0 Å². The van der Waals surface area contributed by atoms with Crippen LogP contribution in [-0.4, -0.2) is 40.6 Å². The highest BCUT2D eigenvalue weighted by atomic mass is 19.1. The monoisotopic (exact) mass is 355 g/mol. The van der Waals surface area contributed by atoms with Crippen molar-refractivity contribution in [3.05, 3.63) is 66.0 Å². The summed E-state index contributed by atoms with van der Waals surface area (Å²) in [7, 11) is 0. The summed E-state index contributed by atoms with van der Waals surface area (Å²) in [5.74, 6) is -0.497. The molecule has 0 unspecified atom stereocenters. The predicted molar refractivity (Wildman–Crippen MR) is 92.4 cm³/mol. The molecular weight excluding hydrogens is 337 g/mol. The average molecular weight is 355 g/mol. The first-order valence-electron chi connectivity index (χ1n) is 8.38. The summed E-state index contributed by atoms with van der Waals surface area (Å²) < 4.78 is 13.2. The van der Waals surface area contributed by atoms with Crippen LogP contribution in [0.5, 0.6) is 0 Å². The highest BCUT2D eigenvalue weighted by molar-refractivity contribution is 5.90. The van der Waals surface area contributed by atoms with Crippen molar-refractivity contribution >= 4 is 17.6 Å². The lowest BCUT2D eigenvalue weighted by atomic mass is 9.91. The molecule has 2 aliphatic rings. The molecule has 0 radical (unpaired) electrons. The first-order valence-corrected chi connectivity index (χ1v) is 8.38. The maximum absolute atomic E-state index is 13.2. The average Bonchev–Trinajstić information content (AvgIpc) is 2.91. The van der Waals surface area contributed by atoms with E-state index in [2.05, 4.69) is 5.32 Å². The molecule has 2 aromatic rings. The van der Waals surface area contributed by atoms with Gasteiger partial charge >= 0.3 is 6.03 Å². The van der Waals surface area contributed by atoms with Crippen LogP contribution in [0.4, 0.5) is 14.9 Å². The summed E-state index contributed by atoms with van der Waals surface area (Å²) in [6.07, 6.45) is 0.254. The lowest BCUT2D eigenvalue weighted by molar-refractivity contribution is -0.232. The number of hydrogen-bond acceptors (Lipinski definition) is 3. The zero-order chi connectivity index (χ0) is 18.1. The van der Waals surface area contributed by atoms with Gasteiger partial charge in [-0.25, -0.2) is 14.2 Å². The second kappa shape index (κ2) is 6.42. The first kappa shape index (κ1) is 16.5. The maximum Gasteiger partial charge on any atom is 0.322 e. The molecule has 2 fully saturated rings. The second-order valence-electron chi connectivity index (χ2n) is 6.66. The smallest absolute Gasteiger partial charge is 0.318 e. The number of carbonyl (C=O) groups excluding carboxylic acids is 2. The first-order chi connectivity index (χ1) is 12.5. The van der Waals surface area contributed by atoms with Gasteiger partial charge < -0.3 is 10.2 Å². The summed E-state index contributed by atoms with van der Waals surface area (Å²) in [5.41, 5.74) is 0.730. The third-order valence-electron chi connectivity index (χ3n) is 4.55. The lowest BCUT2D eigenvalue weighted by Gasteiger charge is -2.45. The molecular formula is C19H18FN3O3. The SMILES string of the molecule is O=C(Nc1cccc(F)c1)N1CC2(CC(=O)N(Cc3ccccc3)O2)C1. The topological polar surface area (TPSA) is 61.9 Å². The molecule has 4 rings (SSSR count). The van der Waals surface area contributed by atoms with Crippen molar-refractivity contribution in [1.29, 1.82) is 0 Å². The fourth-order valence-electron chi connectivity index (χ4n) is 3.28. The minimum atomic E-state index is -0.648. The quantitative estimate of drug-likeness (QED) is 0.921. The van der Waals surface area contributed by atoms with Crippen molar-refractivity contribution in [3.63, 3.8) is 0 Å². The molecule has 0 bridgehead atoms. The van der Waals surface area contributed by atoms with Gasteiger partial charge in [0.25, 0.3) is 0 Å². The number of halogens is 1. The van der Waals surface area contributed by atoms with Crippen LogP contribution in [0.1, 0.15) is 12.0 Å². The molecule has 0 aromatic heterocycles. The Morgan fingerprint density at radius 3 is 2.65 bits per heavy atom. The summed E-state index contributed by atoms with van der Waals surface area (Å²) >= 11 is 0. The van der Waals surface area contributed by atoms with E-state index in [4.69, 9.17) is 4.84 Å². The molecule has 2 heterocycles. The van der Waals surface area contributed by atoms with E-state index in [9.17, 15) is 14.0 Å². The second-order valence-corrected chi connectivity index (χ2v) is 6.66. The van der Waals surface area contributed by atoms with Crippen LogP contribution in [0.15, 0.2) is 54.6 Å². The molecule has 2 aromatic carbocycles.